The van der Waals surface area contributed by atoms with Crippen LogP contribution in [0.2, 0.25) is 18.1 Å². The minimum Gasteiger partial charge on any atom is -0.414 e. The number of nitrogens with one attached hydrogen (secondary N) is 1. The zero-order chi connectivity index (χ0) is 23.1. The van der Waals surface area contributed by atoms with Crippen LogP contribution in [0.4, 0.5) is 5.95 Å². The summed E-state index contributed by atoms with van der Waals surface area (Å²) in [5.74, 6) is 0.221. The van der Waals surface area contributed by atoms with Gasteiger partial charge in [-0.1, -0.05) is 20.8 Å². The normalized spacial score (nSPS) is 22.7. The number of ether oxygens (including phenoxy) is 1. The monoisotopic (exact) mass is 561 g/mol. The van der Waals surface area contributed by atoms with Gasteiger partial charge >= 0.3 is 0 Å². The van der Waals surface area contributed by atoms with Gasteiger partial charge < -0.3 is 23.7 Å². The number of rotatable bonds is 6. The van der Waals surface area contributed by atoms with E-state index in [1.807, 2.05) is 24.9 Å². The number of aliphatic hydroxyl groups excluding tert-OH is 1. The van der Waals surface area contributed by atoms with Crippen LogP contribution in [-0.2, 0) is 9.16 Å². The molecule has 3 rings (SSSR count). The maximum Gasteiger partial charge on any atom is 0.262 e. The van der Waals surface area contributed by atoms with Crippen molar-refractivity contribution in [2.24, 2.45) is 4.99 Å². The molecule has 172 valence electrons. The standard InChI is InChI=1S/C20H32IN5O4Si/c1-20(2,3)31(6,7)29-10-14-13(27)8-15(30-14)26-9-12(21)16-17(26)23-19(24-18(16)28)22-11-25(4)5/h9,11,13-15,27H,8,10H2,1-7H3,(H,23,24,28)/b22-11-/t13-,14-,15-/m1/s1. The fourth-order valence-electron chi connectivity index (χ4n) is 3.09. The molecular formula is C20H32IN5O4Si. The number of hydrogen-bond donors (Lipinski definition) is 2. The highest BCUT2D eigenvalue weighted by Gasteiger charge is 2.41. The van der Waals surface area contributed by atoms with Crippen LogP contribution < -0.4 is 5.56 Å². The SMILES string of the molecule is CN(C)/C=N\c1nc2c(c(I)cn2[C@H]2C[C@@H](O)[C@@H](CO[Si](C)(C)C(C)(C)C)O2)c(=O)[nH]1. The van der Waals surface area contributed by atoms with Crippen LogP contribution in [0.15, 0.2) is 16.0 Å². The number of aliphatic imine (C=N–C) groups is 1. The number of fused-ring (bicyclic) bond motifs is 1. The average molecular weight is 561 g/mol. The Morgan fingerprint density at radius 1 is 1.48 bits per heavy atom. The van der Waals surface area contributed by atoms with E-state index >= 15 is 0 Å². The van der Waals surface area contributed by atoms with Gasteiger partial charge in [0.2, 0.25) is 5.95 Å². The second-order valence-corrected chi connectivity index (χ2v) is 15.7. The molecule has 0 amide bonds. The fraction of sp³-hybridized carbons (Fsp3) is 0.650. The molecule has 1 aliphatic rings. The molecule has 2 N–H and O–H groups in total. The van der Waals surface area contributed by atoms with E-state index in [9.17, 15) is 9.90 Å². The molecule has 3 atom stereocenters. The van der Waals surface area contributed by atoms with Crippen LogP contribution in [0, 0.1) is 3.57 Å². The van der Waals surface area contributed by atoms with Crippen molar-refractivity contribution < 1.29 is 14.3 Å². The van der Waals surface area contributed by atoms with Crippen molar-refractivity contribution >= 4 is 54.2 Å². The molecule has 0 aromatic carbocycles. The summed E-state index contributed by atoms with van der Waals surface area (Å²) in [5.41, 5.74) is 0.234. The van der Waals surface area contributed by atoms with Gasteiger partial charge in [0.15, 0.2) is 14.0 Å². The van der Waals surface area contributed by atoms with Crippen molar-refractivity contribution in [3.05, 3.63) is 20.1 Å². The highest BCUT2D eigenvalue weighted by molar-refractivity contribution is 14.1. The molecule has 1 saturated heterocycles. The van der Waals surface area contributed by atoms with Gasteiger partial charge in [-0.3, -0.25) is 9.78 Å². The molecule has 0 spiro atoms. The summed E-state index contributed by atoms with van der Waals surface area (Å²) in [4.78, 5) is 25.8. The van der Waals surface area contributed by atoms with E-state index < -0.39 is 26.8 Å². The Kier molecular flexibility index (Phi) is 7.01. The topological polar surface area (TPSA) is 105 Å². The van der Waals surface area contributed by atoms with E-state index in [1.54, 1.807) is 11.2 Å². The quantitative estimate of drug-likeness (QED) is 0.243. The molecular weight excluding hydrogens is 529 g/mol. The lowest BCUT2D eigenvalue weighted by atomic mass is 10.2. The molecule has 31 heavy (non-hydrogen) atoms. The van der Waals surface area contributed by atoms with Crippen LogP contribution in [0.1, 0.15) is 33.4 Å². The van der Waals surface area contributed by atoms with Crippen LogP contribution in [0.3, 0.4) is 0 Å². The number of hydrogen-bond acceptors (Lipinski definition) is 6. The van der Waals surface area contributed by atoms with Crippen molar-refractivity contribution in [3.8, 4) is 0 Å². The minimum absolute atomic E-state index is 0.0805. The Bertz CT molecular complexity index is 1030. The van der Waals surface area contributed by atoms with E-state index in [-0.39, 0.29) is 16.5 Å². The van der Waals surface area contributed by atoms with Gasteiger partial charge in [0.25, 0.3) is 5.56 Å². The van der Waals surface area contributed by atoms with Crippen LogP contribution in [-0.4, -0.2) is 72.1 Å². The van der Waals surface area contributed by atoms with Crippen molar-refractivity contribution in [2.45, 2.75) is 63.8 Å². The largest absolute Gasteiger partial charge is 0.414 e. The lowest BCUT2D eigenvalue weighted by Crippen LogP contribution is -2.43. The number of aromatic nitrogens is 3. The molecule has 1 fully saturated rings. The molecule has 3 heterocycles. The van der Waals surface area contributed by atoms with Crippen LogP contribution in [0.5, 0.6) is 0 Å². The zero-order valence-corrected chi connectivity index (χ0v) is 22.3. The summed E-state index contributed by atoms with van der Waals surface area (Å²) in [6.07, 6.45) is 2.29. The summed E-state index contributed by atoms with van der Waals surface area (Å²) in [5, 5.41) is 11.2. The second-order valence-electron chi connectivity index (χ2n) is 9.68. The Morgan fingerprint density at radius 3 is 2.77 bits per heavy atom. The molecule has 0 aliphatic carbocycles. The lowest BCUT2D eigenvalue weighted by molar-refractivity contribution is -0.0403. The van der Waals surface area contributed by atoms with Gasteiger partial charge in [0, 0.05) is 30.3 Å². The molecule has 0 bridgehead atoms. The van der Waals surface area contributed by atoms with Crippen molar-refractivity contribution in [1.82, 2.24) is 19.4 Å². The van der Waals surface area contributed by atoms with Crippen molar-refractivity contribution in [3.63, 3.8) is 0 Å². The maximum absolute atomic E-state index is 12.6. The smallest absolute Gasteiger partial charge is 0.262 e. The first kappa shape index (κ1) is 24.4. The van der Waals surface area contributed by atoms with Gasteiger partial charge in [-0.25, -0.2) is 4.99 Å². The first-order chi connectivity index (χ1) is 14.3. The summed E-state index contributed by atoms with van der Waals surface area (Å²) >= 11 is 2.12. The number of nitrogens with zero attached hydrogens (tertiary/aromatic N) is 4. The van der Waals surface area contributed by atoms with E-state index in [0.717, 1.165) is 3.57 Å². The second kappa shape index (κ2) is 8.93. The van der Waals surface area contributed by atoms with E-state index in [2.05, 4.69) is 71.4 Å². The molecule has 0 radical (unpaired) electrons. The van der Waals surface area contributed by atoms with Crippen LogP contribution in [0.25, 0.3) is 11.0 Å². The fourth-order valence-corrected chi connectivity index (χ4v) is 4.89. The molecule has 2 aromatic rings. The van der Waals surface area contributed by atoms with Gasteiger partial charge in [0.1, 0.15) is 12.3 Å². The highest BCUT2D eigenvalue weighted by Crippen LogP contribution is 2.38. The van der Waals surface area contributed by atoms with Crippen molar-refractivity contribution in [2.75, 3.05) is 20.7 Å². The third kappa shape index (κ3) is 5.21. The summed E-state index contributed by atoms with van der Waals surface area (Å²) in [6.45, 7) is 11.3. The Labute approximate surface area is 197 Å². The lowest BCUT2D eigenvalue weighted by Gasteiger charge is -2.37. The molecule has 11 heteroatoms. The maximum atomic E-state index is 12.6. The van der Waals surface area contributed by atoms with Gasteiger partial charge in [-0.05, 0) is 40.7 Å². The third-order valence-corrected chi connectivity index (χ3v) is 11.3. The van der Waals surface area contributed by atoms with E-state index in [0.29, 0.717) is 24.1 Å². The summed E-state index contributed by atoms with van der Waals surface area (Å²) < 4.78 is 15.0. The van der Waals surface area contributed by atoms with Gasteiger partial charge in [-0.15, -0.1) is 0 Å². The van der Waals surface area contributed by atoms with E-state index in [1.165, 1.54) is 0 Å². The first-order valence-corrected chi connectivity index (χ1v) is 14.3. The molecule has 2 aromatic heterocycles. The number of halogens is 1. The Morgan fingerprint density at radius 2 is 2.16 bits per heavy atom. The van der Waals surface area contributed by atoms with E-state index in [4.69, 9.17) is 9.16 Å². The molecule has 0 saturated carbocycles. The number of aromatic amines is 1. The number of H-pyrrole nitrogens is 1. The zero-order valence-electron chi connectivity index (χ0n) is 19.1. The highest BCUT2D eigenvalue weighted by atomic mass is 127. The first-order valence-electron chi connectivity index (χ1n) is 10.3. The summed E-state index contributed by atoms with van der Waals surface area (Å²) in [6, 6.07) is 0. The third-order valence-electron chi connectivity index (χ3n) is 5.96. The molecule has 1 aliphatic heterocycles. The van der Waals surface area contributed by atoms with Crippen LogP contribution >= 0.6 is 22.6 Å². The predicted octanol–water partition coefficient (Wildman–Crippen LogP) is 3.22. The van der Waals surface area contributed by atoms with Crippen molar-refractivity contribution in [1.29, 1.82) is 0 Å². The Hall–Kier alpha value is -1.28. The minimum atomic E-state index is -1.95. The molecule has 9 nitrogen and oxygen atoms in total. The number of aliphatic hydroxyl groups is 1. The Balaban J connectivity index is 1.86. The average Bonchev–Trinajstić information content (AvgIpc) is 3.17. The van der Waals surface area contributed by atoms with Gasteiger partial charge in [0.05, 0.1) is 24.4 Å². The predicted molar refractivity (Wildman–Crippen MR) is 133 cm³/mol. The molecule has 0 unspecified atom stereocenters. The van der Waals surface area contributed by atoms with Gasteiger partial charge in [-0.2, -0.15) is 4.98 Å². The summed E-state index contributed by atoms with van der Waals surface area (Å²) in [7, 11) is 1.72.